The molecule has 11 heteroatoms. The lowest BCUT2D eigenvalue weighted by Crippen LogP contribution is -2.15. The van der Waals surface area contributed by atoms with Crippen LogP contribution in [0, 0.1) is 10.1 Å². The van der Waals surface area contributed by atoms with Gasteiger partial charge in [0.25, 0.3) is 15.7 Å². The monoisotopic (exact) mass is 415 g/mol. The standard InChI is InChI=1S/C18H17N5O5S/c1-28-15-7-5-13(6-8-15)12-20-18-19-10-9-17(21-18)22-29(26,27)16-4-2-3-14(11-16)23(24)25/h2-11H,12H2,1H3,(H2,19,20,21,22). The maximum absolute atomic E-state index is 12.5. The Morgan fingerprint density at radius 3 is 2.59 bits per heavy atom. The number of nitrogens with one attached hydrogen (secondary N) is 2. The zero-order chi connectivity index (χ0) is 20.9. The average molecular weight is 415 g/mol. The molecule has 1 heterocycles. The van der Waals surface area contributed by atoms with Crippen LogP contribution in [-0.2, 0) is 16.6 Å². The molecule has 10 nitrogen and oxygen atoms in total. The molecule has 2 aromatic carbocycles. The summed E-state index contributed by atoms with van der Waals surface area (Å²) in [6.45, 7) is 0.422. The van der Waals surface area contributed by atoms with Gasteiger partial charge in [0.1, 0.15) is 11.6 Å². The highest BCUT2D eigenvalue weighted by atomic mass is 32.2. The lowest BCUT2D eigenvalue weighted by molar-refractivity contribution is -0.385. The molecular formula is C18H17N5O5S. The highest BCUT2D eigenvalue weighted by molar-refractivity contribution is 7.92. The maximum Gasteiger partial charge on any atom is 0.270 e. The summed E-state index contributed by atoms with van der Waals surface area (Å²) in [5, 5.41) is 13.9. The van der Waals surface area contributed by atoms with Crippen molar-refractivity contribution >= 4 is 27.5 Å². The van der Waals surface area contributed by atoms with Gasteiger partial charge < -0.3 is 10.1 Å². The molecule has 3 aromatic rings. The molecule has 0 atom stereocenters. The summed E-state index contributed by atoms with van der Waals surface area (Å²) in [6, 6.07) is 13.5. The van der Waals surface area contributed by atoms with Crippen LogP contribution in [0.5, 0.6) is 5.75 Å². The number of nitrogens with zero attached hydrogens (tertiary/aromatic N) is 3. The molecule has 0 spiro atoms. The second-order valence-electron chi connectivity index (χ2n) is 5.83. The number of nitro benzene ring substituents is 1. The maximum atomic E-state index is 12.5. The molecule has 0 unspecified atom stereocenters. The van der Waals surface area contributed by atoms with Gasteiger partial charge in [0, 0.05) is 24.9 Å². The number of hydrogen-bond acceptors (Lipinski definition) is 8. The largest absolute Gasteiger partial charge is 0.497 e. The van der Waals surface area contributed by atoms with Crippen LogP contribution in [0.25, 0.3) is 0 Å². The Bertz CT molecular complexity index is 1120. The quantitative estimate of drug-likeness (QED) is 0.423. The van der Waals surface area contributed by atoms with Crippen LogP contribution in [0.15, 0.2) is 65.7 Å². The van der Waals surface area contributed by atoms with E-state index in [1.807, 2.05) is 24.3 Å². The molecule has 0 aliphatic rings. The Labute approximate surface area is 166 Å². The Hall–Kier alpha value is -3.73. The van der Waals surface area contributed by atoms with Gasteiger partial charge >= 0.3 is 0 Å². The van der Waals surface area contributed by atoms with Crippen molar-refractivity contribution in [3.8, 4) is 5.75 Å². The van der Waals surface area contributed by atoms with Crippen LogP contribution in [0.2, 0.25) is 0 Å². The van der Waals surface area contributed by atoms with E-state index in [4.69, 9.17) is 4.74 Å². The smallest absolute Gasteiger partial charge is 0.270 e. The fourth-order valence-electron chi connectivity index (χ4n) is 2.39. The van der Waals surface area contributed by atoms with Gasteiger partial charge in [-0.1, -0.05) is 18.2 Å². The summed E-state index contributed by atoms with van der Waals surface area (Å²) in [7, 11) is -2.46. The summed E-state index contributed by atoms with van der Waals surface area (Å²) in [6.07, 6.45) is 1.40. The van der Waals surface area contributed by atoms with Gasteiger partial charge in [0.05, 0.1) is 16.9 Å². The number of hydrogen-bond donors (Lipinski definition) is 2. The lowest BCUT2D eigenvalue weighted by atomic mass is 10.2. The topological polar surface area (TPSA) is 136 Å². The van der Waals surface area contributed by atoms with Crippen molar-refractivity contribution in [2.75, 3.05) is 17.1 Å². The molecule has 0 radical (unpaired) electrons. The first-order valence-electron chi connectivity index (χ1n) is 8.34. The van der Waals surface area contributed by atoms with E-state index < -0.39 is 14.9 Å². The number of aromatic nitrogens is 2. The van der Waals surface area contributed by atoms with E-state index in [0.717, 1.165) is 17.4 Å². The molecule has 2 N–H and O–H groups in total. The van der Waals surface area contributed by atoms with Crippen molar-refractivity contribution in [1.82, 2.24) is 9.97 Å². The Balaban J connectivity index is 1.71. The first kappa shape index (κ1) is 20.0. The first-order valence-corrected chi connectivity index (χ1v) is 9.83. The highest BCUT2D eigenvalue weighted by Gasteiger charge is 2.18. The van der Waals surface area contributed by atoms with Crippen LogP contribution in [-0.4, -0.2) is 30.4 Å². The van der Waals surface area contributed by atoms with E-state index in [1.165, 1.54) is 30.5 Å². The fourth-order valence-corrected chi connectivity index (χ4v) is 3.43. The molecule has 0 fully saturated rings. The molecule has 0 saturated carbocycles. The molecular weight excluding hydrogens is 398 g/mol. The van der Waals surface area contributed by atoms with Crippen LogP contribution in [0.1, 0.15) is 5.56 Å². The minimum Gasteiger partial charge on any atom is -0.497 e. The highest BCUT2D eigenvalue weighted by Crippen LogP contribution is 2.20. The predicted molar refractivity (Wildman–Crippen MR) is 106 cm³/mol. The predicted octanol–water partition coefficient (Wildman–Crippen LogP) is 2.81. The van der Waals surface area contributed by atoms with E-state index >= 15 is 0 Å². The molecule has 1 aromatic heterocycles. The third-order valence-electron chi connectivity index (χ3n) is 3.84. The van der Waals surface area contributed by atoms with Gasteiger partial charge in [0.15, 0.2) is 0 Å². The zero-order valence-electron chi connectivity index (χ0n) is 15.3. The number of ether oxygens (including phenoxy) is 1. The summed E-state index contributed by atoms with van der Waals surface area (Å²) in [5.74, 6) is 0.992. The molecule has 0 saturated heterocycles. The minimum absolute atomic E-state index is 0.0312. The van der Waals surface area contributed by atoms with E-state index in [0.29, 0.717) is 6.54 Å². The molecule has 0 amide bonds. The molecule has 3 rings (SSSR count). The first-order chi connectivity index (χ1) is 13.9. The molecule has 150 valence electrons. The average Bonchev–Trinajstić information content (AvgIpc) is 2.72. The number of non-ortho nitro benzene ring substituents is 1. The number of nitro groups is 1. The zero-order valence-corrected chi connectivity index (χ0v) is 16.1. The Kier molecular flexibility index (Phi) is 5.88. The lowest BCUT2D eigenvalue weighted by Gasteiger charge is -2.09. The van der Waals surface area contributed by atoms with Crippen LogP contribution < -0.4 is 14.8 Å². The van der Waals surface area contributed by atoms with E-state index in [9.17, 15) is 18.5 Å². The number of rotatable bonds is 8. The third-order valence-corrected chi connectivity index (χ3v) is 5.20. The van der Waals surface area contributed by atoms with Crippen LogP contribution >= 0.6 is 0 Å². The van der Waals surface area contributed by atoms with Crippen molar-refractivity contribution in [1.29, 1.82) is 0 Å². The Morgan fingerprint density at radius 1 is 1.14 bits per heavy atom. The number of benzene rings is 2. The van der Waals surface area contributed by atoms with Gasteiger partial charge in [-0.05, 0) is 29.8 Å². The van der Waals surface area contributed by atoms with Crippen LogP contribution in [0.4, 0.5) is 17.5 Å². The third kappa shape index (κ3) is 5.17. The van der Waals surface area contributed by atoms with E-state index in [2.05, 4.69) is 20.0 Å². The Morgan fingerprint density at radius 2 is 1.90 bits per heavy atom. The van der Waals surface area contributed by atoms with Crippen molar-refractivity contribution < 1.29 is 18.1 Å². The normalized spacial score (nSPS) is 10.9. The van der Waals surface area contributed by atoms with E-state index in [1.54, 1.807) is 7.11 Å². The second kappa shape index (κ2) is 8.52. The number of sulfonamides is 1. The summed E-state index contributed by atoms with van der Waals surface area (Å²) >= 11 is 0. The molecule has 0 aliphatic carbocycles. The summed E-state index contributed by atoms with van der Waals surface area (Å²) in [5.41, 5.74) is 0.634. The van der Waals surface area contributed by atoms with Gasteiger partial charge in [0.2, 0.25) is 5.95 Å². The van der Waals surface area contributed by atoms with Gasteiger partial charge in [-0.25, -0.2) is 13.4 Å². The van der Waals surface area contributed by atoms with Gasteiger partial charge in [-0.2, -0.15) is 4.98 Å². The van der Waals surface area contributed by atoms with Gasteiger partial charge in [-0.3, -0.25) is 14.8 Å². The number of methoxy groups -OCH3 is 1. The second-order valence-corrected chi connectivity index (χ2v) is 7.51. The van der Waals surface area contributed by atoms with E-state index in [-0.39, 0.29) is 22.3 Å². The van der Waals surface area contributed by atoms with Crippen molar-refractivity contribution in [2.45, 2.75) is 11.4 Å². The number of anilines is 2. The summed E-state index contributed by atoms with van der Waals surface area (Å²) < 4.78 is 32.4. The summed E-state index contributed by atoms with van der Waals surface area (Å²) in [4.78, 5) is 18.1. The fraction of sp³-hybridized carbons (Fsp3) is 0.111. The SMILES string of the molecule is COc1ccc(CNc2nccc(NS(=O)(=O)c3cccc([N+](=O)[O-])c3)n2)cc1. The van der Waals surface area contributed by atoms with Crippen molar-refractivity contribution in [3.05, 3.63) is 76.5 Å². The minimum atomic E-state index is -4.05. The van der Waals surface area contributed by atoms with Crippen LogP contribution in [0.3, 0.4) is 0 Å². The van der Waals surface area contributed by atoms with Crippen molar-refractivity contribution in [2.24, 2.45) is 0 Å². The van der Waals surface area contributed by atoms with Crippen molar-refractivity contribution in [3.63, 3.8) is 0 Å². The molecule has 0 aliphatic heterocycles. The van der Waals surface area contributed by atoms with Gasteiger partial charge in [-0.15, -0.1) is 0 Å². The molecule has 0 bridgehead atoms. The molecule has 29 heavy (non-hydrogen) atoms.